The van der Waals surface area contributed by atoms with E-state index >= 15 is 0 Å². The van der Waals surface area contributed by atoms with Gasteiger partial charge in [-0.3, -0.25) is 0 Å². The summed E-state index contributed by atoms with van der Waals surface area (Å²) in [5.41, 5.74) is 0. The Morgan fingerprint density at radius 3 is 2.94 bits per heavy atom. The molecule has 2 aromatic rings. The van der Waals surface area contributed by atoms with Crippen LogP contribution in [0.3, 0.4) is 0 Å². The molecule has 0 amide bonds. The van der Waals surface area contributed by atoms with Crippen LogP contribution in [0.25, 0.3) is 10.8 Å². The summed E-state index contributed by atoms with van der Waals surface area (Å²) < 4.78 is 11.0. The molecule has 2 nitrogen and oxygen atoms in total. The fourth-order valence-corrected chi connectivity index (χ4v) is 1.64. The molecule has 0 heterocycles. The standard InChI is InChI=1S/C14H15O2/c1-3-15-11(2)16-14-9-8-12-6-4-5-7-13(12)10-14/h4,6-11H,3H2,1-2H3. The summed E-state index contributed by atoms with van der Waals surface area (Å²) in [5.74, 6) is 0.827. The normalized spacial score (nSPS) is 12.6. The Morgan fingerprint density at radius 2 is 2.12 bits per heavy atom. The summed E-state index contributed by atoms with van der Waals surface area (Å²) in [6.45, 7) is 4.50. The topological polar surface area (TPSA) is 18.5 Å². The molecule has 0 fully saturated rings. The lowest BCUT2D eigenvalue weighted by Crippen LogP contribution is -2.15. The molecule has 1 radical (unpaired) electrons. The molecule has 0 saturated heterocycles. The van der Waals surface area contributed by atoms with Crippen molar-refractivity contribution in [1.82, 2.24) is 0 Å². The van der Waals surface area contributed by atoms with Crippen molar-refractivity contribution >= 4 is 10.8 Å². The Balaban J connectivity index is 2.19. The Kier molecular flexibility index (Phi) is 3.42. The number of ether oxygens (including phenoxy) is 2. The molecule has 0 aliphatic carbocycles. The molecule has 2 heteroatoms. The highest BCUT2D eigenvalue weighted by molar-refractivity contribution is 5.83. The molecule has 16 heavy (non-hydrogen) atoms. The number of fused-ring (bicyclic) bond motifs is 1. The third kappa shape index (κ3) is 2.52. The van der Waals surface area contributed by atoms with Gasteiger partial charge in [0.25, 0.3) is 0 Å². The van der Waals surface area contributed by atoms with Gasteiger partial charge in [-0.05, 0) is 48.9 Å². The van der Waals surface area contributed by atoms with Crippen molar-refractivity contribution in [3.63, 3.8) is 0 Å². The third-order valence-electron chi connectivity index (χ3n) is 2.36. The molecule has 0 aromatic heterocycles. The van der Waals surface area contributed by atoms with Crippen LogP contribution in [0.5, 0.6) is 5.75 Å². The molecule has 0 bridgehead atoms. The maximum absolute atomic E-state index is 5.63. The van der Waals surface area contributed by atoms with Crippen molar-refractivity contribution in [2.24, 2.45) is 0 Å². The minimum absolute atomic E-state index is 0.213. The van der Waals surface area contributed by atoms with Gasteiger partial charge < -0.3 is 9.47 Å². The molecular weight excluding hydrogens is 200 g/mol. The zero-order valence-electron chi connectivity index (χ0n) is 9.57. The minimum Gasteiger partial charge on any atom is -0.465 e. The smallest absolute Gasteiger partial charge is 0.196 e. The van der Waals surface area contributed by atoms with Crippen molar-refractivity contribution in [2.45, 2.75) is 20.1 Å². The van der Waals surface area contributed by atoms with Gasteiger partial charge in [-0.15, -0.1) is 0 Å². The van der Waals surface area contributed by atoms with E-state index < -0.39 is 0 Å². The van der Waals surface area contributed by atoms with Crippen LogP contribution in [0.15, 0.2) is 36.4 Å². The molecular formula is C14H15O2. The summed E-state index contributed by atoms with van der Waals surface area (Å²) in [7, 11) is 0. The second-order valence-electron chi connectivity index (χ2n) is 3.58. The first-order valence-corrected chi connectivity index (χ1v) is 5.47. The highest BCUT2D eigenvalue weighted by Crippen LogP contribution is 2.21. The first-order chi connectivity index (χ1) is 7.79. The van der Waals surface area contributed by atoms with E-state index in [2.05, 4.69) is 6.07 Å². The highest BCUT2D eigenvalue weighted by atomic mass is 16.7. The zero-order valence-corrected chi connectivity index (χ0v) is 9.57. The molecule has 0 N–H and O–H groups in total. The Morgan fingerprint density at radius 1 is 1.25 bits per heavy atom. The van der Waals surface area contributed by atoms with E-state index in [1.807, 2.05) is 50.2 Å². The summed E-state index contributed by atoms with van der Waals surface area (Å²) in [4.78, 5) is 0. The third-order valence-corrected chi connectivity index (χ3v) is 2.36. The molecule has 0 aliphatic rings. The number of benzene rings is 2. The lowest BCUT2D eigenvalue weighted by atomic mass is 10.1. The van der Waals surface area contributed by atoms with Gasteiger partial charge in [0.05, 0.1) is 0 Å². The largest absolute Gasteiger partial charge is 0.465 e. The van der Waals surface area contributed by atoms with Gasteiger partial charge in [0.15, 0.2) is 6.29 Å². The second kappa shape index (κ2) is 4.99. The van der Waals surface area contributed by atoms with E-state index in [1.54, 1.807) is 0 Å². The predicted octanol–water partition coefficient (Wildman–Crippen LogP) is 3.40. The van der Waals surface area contributed by atoms with Gasteiger partial charge in [-0.2, -0.15) is 0 Å². The quantitative estimate of drug-likeness (QED) is 0.728. The highest BCUT2D eigenvalue weighted by Gasteiger charge is 2.03. The van der Waals surface area contributed by atoms with Gasteiger partial charge >= 0.3 is 0 Å². The molecule has 2 aromatic carbocycles. The minimum atomic E-state index is -0.213. The van der Waals surface area contributed by atoms with Crippen molar-refractivity contribution < 1.29 is 9.47 Å². The summed E-state index contributed by atoms with van der Waals surface area (Å²) in [6, 6.07) is 14.9. The first kappa shape index (κ1) is 11.0. The summed E-state index contributed by atoms with van der Waals surface area (Å²) in [6.07, 6.45) is -0.213. The lowest BCUT2D eigenvalue weighted by Gasteiger charge is -2.14. The predicted molar refractivity (Wildman–Crippen MR) is 64.5 cm³/mol. The lowest BCUT2D eigenvalue weighted by molar-refractivity contribution is -0.0612. The van der Waals surface area contributed by atoms with Crippen LogP contribution < -0.4 is 4.74 Å². The Bertz CT molecular complexity index is 465. The Hall–Kier alpha value is -1.54. The van der Waals surface area contributed by atoms with E-state index in [0.29, 0.717) is 6.61 Å². The van der Waals surface area contributed by atoms with Crippen molar-refractivity contribution in [3.05, 3.63) is 42.5 Å². The zero-order chi connectivity index (χ0) is 11.4. The molecule has 0 spiro atoms. The Labute approximate surface area is 95.8 Å². The number of rotatable bonds is 4. The SMILES string of the molecule is CCOC(C)Oc1ccc2cc[c]cc2c1. The van der Waals surface area contributed by atoms with E-state index in [9.17, 15) is 0 Å². The fourth-order valence-electron chi connectivity index (χ4n) is 1.64. The molecule has 2 rings (SSSR count). The maximum atomic E-state index is 5.63. The van der Waals surface area contributed by atoms with Gasteiger partial charge in [-0.1, -0.05) is 18.2 Å². The monoisotopic (exact) mass is 215 g/mol. The van der Waals surface area contributed by atoms with Gasteiger partial charge in [0.1, 0.15) is 5.75 Å². The molecule has 1 atom stereocenters. The average Bonchev–Trinajstić information content (AvgIpc) is 2.29. The number of hydrogen-bond donors (Lipinski definition) is 0. The van der Waals surface area contributed by atoms with Gasteiger partial charge in [0.2, 0.25) is 0 Å². The average molecular weight is 215 g/mol. The van der Waals surface area contributed by atoms with E-state index in [0.717, 1.165) is 11.1 Å². The second-order valence-corrected chi connectivity index (χ2v) is 3.58. The van der Waals surface area contributed by atoms with Crippen molar-refractivity contribution in [2.75, 3.05) is 6.61 Å². The molecule has 83 valence electrons. The first-order valence-electron chi connectivity index (χ1n) is 5.47. The van der Waals surface area contributed by atoms with Crippen LogP contribution in [0.1, 0.15) is 13.8 Å². The van der Waals surface area contributed by atoms with E-state index in [-0.39, 0.29) is 6.29 Å². The van der Waals surface area contributed by atoms with Crippen LogP contribution in [-0.4, -0.2) is 12.9 Å². The molecule has 1 unspecified atom stereocenters. The fraction of sp³-hybridized carbons (Fsp3) is 0.286. The molecule has 0 aliphatic heterocycles. The van der Waals surface area contributed by atoms with Crippen molar-refractivity contribution in [1.29, 1.82) is 0 Å². The van der Waals surface area contributed by atoms with Crippen LogP contribution in [-0.2, 0) is 4.74 Å². The van der Waals surface area contributed by atoms with Crippen LogP contribution in [0.2, 0.25) is 0 Å². The van der Waals surface area contributed by atoms with Crippen LogP contribution in [0.4, 0.5) is 0 Å². The van der Waals surface area contributed by atoms with Gasteiger partial charge in [0, 0.05) is 6.61 Å². The van der Waals surface area contributed by atoms with Gasteiger partial charge in [-0.25, -0.2) is 0 Å². The van der Waals surface area contributed by atoms with Crippen LogP contribution in [0, 0.1) is 6.07 Å². The summed E-state index contributed by atoms with van der Waals surface area (Å²) in [5, 5.41) is 2.32. The van der Waals surface area contributed by atoms with Crippen molar-refractivity contribution in [3.8, 4) is 5.75 Å². The molecule has 0 saturated carbocycles. The van der Waals surface area contributed by atoms with E-state index in [4.69, 9.17) is 9.47 Å². The summed E-state index contributed by atoms with van der Waals surface area (Å²) >= 11 is 0. The number of hydrogen-bond acceptors (Lipinski definition) is 2. The van der Waals surface area contributed by atoms with Crippen LogP contribution >= 0.6 is 0 Å². The van der Waals surface area contributed by atoms with E-state index in [1.165, 1.54) is 5.39 Å². The maximum Gasteiger partial charge on any atom is 0.196 e.